The molecule has 0 amide bonds. The van der Waals surface area contributed by atoms with Crippen LogP contribution in [0.2, 0.25) is 0 Å². The van der Waals surface area contributed by atoms with Gasteiger partial charge in [-0.3, -0.25) is 4.90 Å². The molecular weight excluding hydrogens is 276 g/mol. The Hall–Kier alpha value is -1.20. The lowest BCUT2D eigenvalue weighted by Crippen LogP contribution is -2.45. The molecule has 0 N–H and O–H groups in total. The fraction of sp³-hybridized carbons (Fsp3) is 0.765. The van der Waals surface area contributed by atoms with Gasteiger partial charge in [0.2, 0.25) is 0 Å². The topological polar surface area (TPSA) is 41.5 Å². The van der Waals surface area contributed by atoms with Crippen LogP contribution < -0.4 is 4.90 Å². The van der Waals surface area contributed by atoms with Crippen molar-refractivity contribution in [3.63, 3.8) is 0 Å². The molecule has 0 unspecified atom stereocenters. The Morgan fingerprint density at radius 2 is 1.95 bits per heavy atom. The molecule has 2 saturated heterocycles. The maximum atomic E-state index is 5.46. The Morgan fingerprint density at radius 1 is 1.14 bits per heavy atom. The number of hydrogen-bond donors (Lipinski definition) is 0. The van der Waals surface area contributed by atoms with E-state index >= 15 is 0 Å². The van der Waals surface area contributed by atoms with Gasteiger partial charge < -0.3 is 9.64 Å². The van der Waals surface area contributed by atoms with Crippen LogP contribution in [-0.2, 0) is 4.74 Å². The van der Waals surface area contributed by atoms with E-state index in [1.807, 2.05) is 0 Å². The zero-order valence-corrected chi connectivity index (χ0v) is 13.5. The van der Waals surface area contributed by atoms with Gasteiger partial charge in [-0.1, -0.05) is 0 Å². The molecule has 1 aliphatic carbocycles. The number of aryl methyl sites for hydroxylation is 1. The van der Waals surface area contributed by atoms with E-state index in [9.17, 15) is 0 Å². The Labute approximate surface area is 132 Å². The van der Waals surface area contributed by atoms with E-state index in [0.29, 0.717) is 12.0 Å². The molecule has 0 radical (unpaired) electrons. The highest BCUT2D eigenvalue weighted by Gasteiger charge is 2.31. The minimum Gasteiger partial charge on any atom is -0.379 e. The molecule has 3 heterocycles. The lowest BCUT2D eigenvalue weighted by molar-refractivity contribution is 0.0354. The van der Waals surface area contributed by atoms with Crippen molar-refractivity contribution in [1.82, 2.24) is 14.9 Å². The standard InChI is InChI=1S/C17H26N4O/c1-13-11-16(19-17(18-13)14-4-5-14)21-6-2-3-15(21)12-20-7-9-22-10-8-20/h11,14-15H,2-10,12H2,1H3/t15-/m0/s1. The minimum atomic E-state index is 0.597. The third kappa shape index (κ3) is 3.10. The zero-order valence-electron chi connectivity index (χ0n) is 13.5. The Balaban J connectivity index is 1.50. The summed E-state index contributed by atoms with van der Waals surface area (Å²) in [6.45, 7) is 8.28. The Morgan fingerprint density at radius 3 is 2.73 bits per heavy atom. The minimum absolute atomic E-state index is 0.597. The van der Waals surface area contributed by atoms with Crippen LogP contribution in [-0.4, -0.2) is 60.3 Å². The summed E-state index contributed by atoms with van der Waals surface area (Å²) in [6.07, 6.45) is 5.08. The molecular formula is C17H26N4O. The fourth-order valence-corrected chi connectivity index (χ4v) is 3.65. The molecule has 3 fully saturated rings. The van der Waals surface area contributed by atoms with E-state index in [2.05, 4.69) is 27.8 Å². The van der Waals surface area contributed by atoms with Crippen molar-refractivity contribution in [2.24, 2.45) is 0 Å². The number of rotatable bonds is 4. The maximum Gasteiger partial charge on any atom is 0.134 e. The largest absolute Gasteiger partial charge is 0.379 e. The fourth-order valence-electron chi connectivity index (χ4n) is 3.65. The predicted octanol–water partition coefficient (Wildman–Crippen LogP) is 1.96. The van der Waals surface area contributed by atoms with Crippen molar-refractivity contribution < 1.29 is 4.74 Å². The van der Waals surface area contributed by atoms with E-state index in [1.54, 1.807) is 0 Å². The van der Waals surface area contributed by atoms with Crippen molar-refractivity contribution >= 4 is 5.82 Å². The quantitative estimate of drug-likeness (QED) is 0.850. The first-order valence-electron chi connectivity index (χ1n) is 8.72. The first-order valence-corrected chi connectivity index (χ1v) is 8.72. The highest BCUT2D eigenvalue weighted by molar-refractivity contribution is 5.43. The molecule has 1 aromatic heterocycles. The van der Waals surface area contributed by atoms with Crippen molar-refractivity contribution in [2.45, 2.75) is 44.6 Å². The normalized spacial score (nSPS) is 26.6. The number of anilines is 1. The summed E-state index contributed by atoms with van der Waals surface area (Å²) >= 11 is 0. The third-order valence-electron chi connectivity index (χ3n) is 5.04. The molecule has 0 bridgehead atoms. The number of ether oxygens (including phenoxy) is 1. The molecule has 120 valence electrons. The van der Waals surface area contributed by atoms with E-state index in [1.165, 1.54) is 25.7 Å². The monoisotopic (exact) mass is 302 g/mol. The summed E-state index contributed by atoms with van der Waals surface area (Å²) in [5, 5.41) is 0. The molecule has 2 aliphatic heterocycles. The average molecular weight is 302 g/mol. The number of aromatic nitrogens is 2. The molecule has 0 aromatic carbocycles. The van der Waals surface area contributed by atoms with Crippen LogP contribution in [0, 0.1) is 6.92 Å². The van der Waals surface area contributed by atoms with Crippen molar-refractivity contribution in [3.8, 4) is 0 Å². The van der Waals surface area contributed by atoms with Gasteiger partial charge in [-0.05, 0) is 32.6 Å². The lowest BCUT2D eigenvalue weighted by Gasteiger charge is -2.33. The summed E-state index contributed by atoms with van der Waals surface area (Å²) < 4.78 is 5.46. The van der Waals surface area contributed by atoms with E-state index in [-0.39, 0.29) is 0 Å². The smallest absolute Gasteiger partial charge is 0.134 e. The molecule has 4 rings (SSSR count). The van der Waals surface area contributed by atoms with Crippen LogP contribution in [0.4, 0.5) is 5.82 Å². The molecule has 0 spiro atoms. The van der Waals surface area contributed by atoms with Crippen LogP contribution >= 0.6 is 0 Å². The van der Waals surface area contributed by atoms with Gasteiger partial charge in [0.05, 0.1) is 13.2 Å². The first kappa shape index (κ1) is 14.4. The van der Waals surface area contributed by atoms with Gasteiger partial charge in [-0.25, -0.2) is 9.97 Å². The highest BCUT2D eigenvalue weighted by atomic mass is 16.5. The molecule has 1 saturated carbocycles. The molecule has 22 heavy (non-hydrogen) atoms. The van der Waals surface area contributed by atoms with E-state index < -0.39 is 0 Å². The molecule has 5 nitrogen and oxygen atoms in total. The summed E-state index contributed by atoms with van der Waals surface area (Å²) in [5.74, 6) is 2.86. The van der Waals surface area contributed by atoms with E-state index in [4.69, 9.17) is 9.72 Å². The number of hydrogen-bond acceptors (Lipinski definition) is 5. The first-order chi connectivity index (χ1) is 10.8. The Kier molecular flexibility index (Phi) is 4.01. The van der Waals surface area contributed by atoms with Crippen LogP contribution in [0.1, 0.15) is 43.1 Å². The molecule has 1 atom stereocenters. The SMILES string of the molecule is Cc1cc(N2CCC[C@H]2CN2CCOCC2)nc(C2CC2)n1. The highest BCUT2D eigenvalue weighted by Crippen LogP contribution is 2.39. The number of morpholine rings is 1. The summed E-state index contributed by atoms with van der Waals surface area (Å²) in [6, 6.07) is 2.77. The average Bonchev–Trinajstić information content (AvgIpc) is 3.28. The number of nitrogens with zero attached hydrogens (tertiary/aromatic N) is 4. The second-order valence-corrected chi connectivity index (χ2v) is 6.90. The van der Waals surface area contributed by atoms with Crippen LogP contribution in [0.15, 0.2) is 6.07 Å². The molecule has 5 heteroatoms. The zero-order chi connectivity index (χ0) is 14.9. The van der Waals surface area contributed by atoms with Gasteiger partial charge in [0.15, 0.2) is 0 Å². The second-order valence-electron chi connectivity index (χ2n) is 6.90. The van der Waals surface area contributed by atoms with Gasteiger partial charge in [-0.15, -0.1) is 0 Å². The molecule has 1 aromatic rings. The second kappa shape index (κ2) is 6.13. The predicted molar refractivity (Wildman–Crippen MR) is 86.4 cm³/mol. The summed E-state index contributed by atoms with van der Waals surface area (Å²) in [7, 11) is 0. The van der Waals surface area contributed by atoms with E-state index in [0.717, 1.165) is 56.7 Å². The van der Waals surface area contributed by atoms with Gasteiger partial charge in [0, 0.05) is 49.9 Å². The lowest BCUT2D eigenvalue weighted by atomic mass is 10.2. The Bertz CT molecular complexity index is 525. The van der Waals surface area contributed by atoms with Crippen LogP contribution in [0.25, 0.3) is 0 Å². The van der Waals surface area contributed by atoms with Gasteiger partial charge >= 0.3 is 0 Å². The van der Waals surface area contributed by atoms with Gasteiger partial charge in [0.25, 0.3) is 0 Å². The summed E-state index contributed by atoms with van der Waals surface area (Å²) in [4.78, 5) is 14.6. The van der Waals surface area contributed by atoms with Gasteiger partial charge in [-0.2, -0.15) is 0 Å². The molecule has 3 aliphatic rings. The third-order valence-corrected chi connectivity index (χ3v) is 5.04. The van der Waals surface area contributed by atoms with Crippen molar-refractivity contribution in [1.29, 1.82) is 0 Å². The van der Waals surface area contributed by atoms with Crippen LogP contribution in [0.5, 0.6) is 0 Å². The van der Waals surface area contributed by atoms with Crippen LogP contribution in [0.3, 0.4) is 0 Å². The van der Waals surface area contributed by atoms with Crippen molar-refractivity contribution in [3.05, 3.63) is 17.6 Å². The maximum absolute atomic E-state index is 5.46. The van der Waals surface area contributed by atoms with Gasteiger partial charge in [0.1, 0.15) is 11.6 Å². The summed E-state index contributed by atoms with van der Waals surface area (Å²) in [5.41, 5.74) is 1.11. The van der Waals surface area contributed by atoms with Crippen molar-refractivity contribution in [2.75, 3.05) is 44.3 Å².